The van der Waals surface area contributed by atoms with Crippen LogP contribution < -0.4 is 0 Å². The fraction of sp³-hybridized carbons (Fsp3) is 0.955. The standard InChI is InChI=1S/C22H36O2/c1-15(23)24-17-9-11-21(3)16(14-17)7-8-19-18-6-5-10-20(18,2)12-13-22(19,21)4/h16-19H,5-14H2,1-4H3/t16-,17-,18-,19-,20-,21-,22-/m0/s1. The zero-order valence-electron chi connectivity index (χ0n) is 16.2. The molecule has 7 atom stereocenters. The van der Waals surface area contributed by atoms with Crippen LogP contribution in [0.1, 0.15) is 91.9 Å². The van der Waals surface area contributed by atoms with Crippen molar-refractivity contribution in [1.29, 1.82) is 0 Å². The third-order valence-electron chi connectivity index (χ3n) is 9.58. The quantitative estimate of drug-likeness (QED) is 0.572. The van der Waals surface area contributed by atoms with Gasteiger partial charge in [-0.25, -0.2) is 0 Å². The summed E-state index contributed by atoms with van der Waals surface area (Å²) in [5.41, 5.74) is 1.60. The molecule has 0 N–H and O–H groups in total. The van der Waals surface area contributed by atoms with E-state index in [0.717, 1.165) is 30.6 Å². The van der Waals surface area contributed by atoms with E-state index < -0.39 is 0 Å². The lowest BCUT2D eigenvalue weighted by molar-refractivity contribution is -0.187. The van der Waals surface area contributed by atoms with E-state index in [1.807, 2.05) is 0 Å². The Labute approximate surface area is 148 Å². The van der Waals surface area contributed by atoms with E-state index in [-0.39, 0.29) is 12.1 Å². The van der Waals surface area contributed by atoms with Gasteiger partial charge in [-0.2, -0.15) is 0 Å². The molecule has 2 heteroatoms. The first-order valence-corrected chi connectivity index (χ1v) is 10.5. The summed E-state index contributed by atoms with van der Waals surface area (Å²) in [5, 5.41) is 0. The molecule has 0 aromatic heterocycles. The Morgan fingerprint density at radius 3 is 2.42 bits per heavy atom. The summed E-state index contributed by atoms with van der Waals surface area (Å²) in [6.45, 7) is 9.41. The Morgan fingerprint density at radius 2 is 1.67 bits per heavy atom. The molecule has 4 rings (SSSR count). The first-order chi connectivity index (χ1) is 11.3. The third kappa shape index (κ3) is 2.23. The molecule has 0 aromatic carbocycles. The van der Waals surface area contributed by atoms with Crippen LogP contribution in [0.4, 0.5) is 0 Å². The number of carbonyl (C=O) groups is 1. The van der Waals surface area contributed by atoms with Crippen molar-refractivity contribution in [3.05, 3.63) is 0 Å². The van der Waals surface area contributed by atoms with Gasteiger partial charge in [-0.05, 0) is 91.8 Å². The molecule has 0 aliphatic heterocycles. The van der Waals surface area contributed by atoms with Gasteiger partial charge in [0.25, 0.3) is 0 Å². The van der Waals surface area contributed by atoms with Crippen molar-refractivity contribution in [1.82, 2.24) is 0 Å². The summed E-state index contributed by atoms with van der Waals surface area (Å²) in [6, 6.07) is 0. The SMILES string of the molecule is CC(=O)O[C@H]1CC[C@@]2(C)[C@@H](CC[C@H]3[C@@H]4CCC[C@@]4(C)CC[C@@]32C)C1. The van der Waals surface area contributed by atoms with E-state index in [0.29, 0.717) is 16.2 Å². The predicted molar refractivity (Wildman–Crippen MR) is 96.5 cm³/mol. The first kappa shape index (κ1) is 16.9. The van der Waals surface area contributed by atoms with Crippen molar-refractivity contribution >= 4 is 5.97 Å². The van der Waals surface area contributed by atoms with Crippen molar-refractivity contribution in [2.75, 3.05) is 0 Å². The van der Waals surface area contributed by atoms with Crippen LogP contribution >= 0.6 is 0 Å². The van der Waals surface area contributed by atoms with E-state index >= 15 is 0 Å². The molecule has 0 bridgehead atoms. The summed E-state index contributed by atoms with van der Waals surface area (Å²) in [5.74, 6) is 2.57. The average molecular weight is 333 g/mol. The molecule has 4 fully saturated rings. The lowest BCUT2D eigenvalue weighted by Crippen LogP contribution is -2.59. The number of esters is 1. The van der Waals surface area contributed by atoms with Crippen molar-refractivity contribution in [3.63, 3.8) is 0 Å². The normalized spacial score (nSPS) is 53.7. The second kappa shape index (κ2) is 5.48. The highest BCUT2D eigenvalue weighted by Crippen LogP contribution is 2.71. The molecule has 0 aromatic rings. The van der Waals surface area contributed by atoms with E-state index in [1.165, 1.54) is 51.4 Å². The molecule has 136 valence electrons. The molecule has 2 nitrogen and oxygen atoms in total. The largest absolute Gasteiger partial charge is 0.463 e. The molecular weight excluding hydrogens is 296 g/mol. The smallest absolute Gasteiger partial charge is 0.302 e. The maximum Gasteiger partial charge on any atom is 0.302 e. The van der Waals surface area contributed by atoms with Gasteiger partial charge in [0.1, 0.15) is 6.10 Å². The highest BCUT2D eigenvalue weighted by atomic mass is 16.5. The number of ether oxygens (including phenoxy) is 1. The summed E-state index contributed by atoms with van der Waals surface area (Å²) in [6.07, 6.45) is 13.7. The maximum absolute atomic E-state index is 11.4. The zero-order chi connectivity index (χ0) is 17.2. The number of carbonyl (C=O) groups excluding carboxylic acids is 1. The van der Waals surface area contributed by atoms with Gasteiger partial charge in [0.2, 0.25) is 0 Å². The molecule has 0 saturated heterocycles. The number of hydrogen-bond donors (Lipinski definition) is 0. The lowest BCUT2D eigenvalue weighted by atomic mass is 9.39. The molecule has 0 radical (unpaired) electrons. The van der Waals surface area contributed by atoms with Gasteiger partial charge in [0.15, 0.2) is 0 Å². The molecule has 24 heavy (non-hydrogen) atoms. The molecule has 0 unspecified atom stereocenters. The lowest BCUT2D eigenvalue weighted by Gasteiger charge is -2.66. The van der Waals surface area contributed by atoms with Crippen LogP contribution in [0.3, 0.4) is 0 Å². The molecular formula is C22H36O2. The van der Waals surface area contributed by atoms with E-state index in [1.54, 1.807) is 6.92 Å². The van der Waals surface area contributed by atoms with Crippen molar-refractivity contribution in [3.8, 4) is 0 Å². The van der Waals surface area contributed by atoms with Gasteiger partial charge < -0.3 is 4.74 Å². The molecule has 0 amide bonds. The molecule has 4 aliphatic carbocycles. The van der Waals surface area contributed by atoms with Crippen LogP contribution in [-0.2, 0) is 9.53 Å². The van der Waals surface area contributed by atoms with Crippen molar-refractivity contribution < 1.29 is 9.53 Å². The monoisotopic (exact) mass is 332 g/mol. The maximum atomic E-state index is 11.4. The Bertz CT molecular complexity index is 528. The Kier molecular flexibility index (Phi) is 3.86. The molecule has 0 heterocycles. The second-order valence-corrected chi connectivity index (χ2v) is 10.4. The van der Waals surface area contributed by atoms with E-state index in [9.17, 15) is 4.79 Å². The second-order valence-electron chi connectivity index (χ2n) is 10.4. The van der Waals surface area contributed by atoms with E-state index in [4.69, 9.17) is 4.74 Å². The van der Waals surface area contributed by atoms with Crippen LogP contribution in [0, 0.1) is 34.0 Å². The topological polar surface area (TPSA) is 26.3 Å². The Morgan fingerprint density at radius 1 is 0.875 bits per heavy atom. The minimum Gasteiger partial charge on any atom is -0.463 e. The predicted octanol–water partition coefficient (Wildman–Crippen LogP) is 5.74. The van der Waals surface area contributed by atoms with Gasteiger partial charge in [0, 0.05) is 6.92 Å². The van der Waals surface area contributed by atoms with Crippen LogP contribution in [0.15, 0.2) is 0 Å². The fourth-order valence-electron chi connectivity index (χ4n) is 7.93. The van der Waals surface area contributed by atoms with Gasteiger partial charge in [0.05, 0.1) is 0 Å². The van der Waals surface area contributed by atoms with Crippen LogP contribution in [0.5, 0.6) is 0 Å². The van der Waals surface area contributed by atoms with Gasteiger partial charge in [-0.1, -0.05) is 27.2 Å². The Hall–Kier alpha value is -0.530. The highest BCUT2D eigenvalue weighted by Gasteiger charge is 2.63. The van der Waals surface area contributed by atoms with Gasteiger partial charge >= 0.3 is 5.97 Å². The van der Waals surface area contributed by atoms with Crippen LogP contribution in [-0.4, -0.2) is 12.1 Å². The Balaban J connectivity index is 1.59. The summed E-state index contributed by atoms with van der Waals surface area (Å²) < 4.78 is 5.60. The average Bonchev–Trinajstić information content (AvgIpc) is 2.90. The number of hydrogen-bond acceptors (Lipinski definition) is 2. The first-order valence-electron chi connectivity index (χ1n) is 10.5. The summed E-state index contributed by atoms with van der Waals surface area (Å²) >= 11 is 0. The third-order valence-corrected chi connectivity index (χ3v) is 9.58. The molecule has 4 aliphatic rings. The zero-order valence-corrected chi connectivity index (χ0v) is 16.2. The van der Waals surface area contributed by atoms with Gasteiger partial charge in [-0.15, -0.1) is 0 Å². The fourth-order valence-corrected chi connectivity index (χ4v) is 7.93. The molecule has 0 spiro atoms. The number of fused-ring (bicyclic) bond motifs is 5. The van der Waals surface area contributed by atoms with Gasteiger partial charge in [-0.3, -0.25) is 4.79 Å². The molecule has 4 saturated carbocycles. The summed E-state index contributed by atoms with van der Waals surface area (Å²) in [7, 11) is 0. The summed E-state index contributed by atoms with van der Waals surface area (Å²) in [4.78, 5) is 11.4. The van der Waals surface area contributed by atoms with Crippen molar-refractivity contribution in [2.45, 2.75) is 98.0 Å². The minimum absolute atomic E-state index is 0.0945. The van der Waals surface area contributed by atoms with Crippen LogP contribution in [0.25, 0.3) is 0 Å². The van der Waals surface area contributed by atoms with E-state index in [2.05, 4.69) is 20.8 Å². The van der Waals surface area contributed by atoms with Crippen LogP contribution in [0.2, 0.25) is 0 Å². The van der Waals surface area contributed by atoms with Crippen molar-refractivity contribution in [2.24, 2.45) is 34.0 Å². The highest BCUT2D eigenvalue weighted by molar-refractivity contribution is 5.66. The minimum atomic E-state index is -0.0945. The number of rotatable bonds is 1.